The number of hydrogen-bond acceptors (Lipinski definition) is 6. The number of nitrogens with zero attached hydrogens (tertiary/aromatic N) is 4. The Morgan fingerprint density at radius 3 is 2.57 bits per heavy atom. The zero-order chi connectivity index (χ0) is 19.9. The van der Waals surface area contributed by atoms with Gasteiger partial charge in [0, 0.05) is 45.8 Å². The number of rotatable bonds is 8. The number of nitrogens with one attached hydrogen (secondary N) is 2. The zero-order valence-electron chi connectivity index (χ0n) is 17.0. The molecule has 2 N–H and O–H groups in total. The molecule has 3 rings (SSSR count). The van der Waals surface area contributed by atoms with Crippen LogP contribution in [-0.4, -0.2) is 97.7 Å². The monoisotopic (exact) mass is 392 g/mol. The van der Waals surface area contributed by atoms with E-state index in [1.54, 1.807) is 0 Å². The smallest absolute Gasteiger partial charge is 0.287 e. The van der Waals surface area contributed by atoms with E-state index in [2.05, 4.69) is 20.5 Å². The van der Waals surface area contributed by atoms with E-state index in [0.717, 1.165) is 70.9 Å². The highest BCUT2D eigenvalue weighted by Crippen LogP contribution is 2.21. The van der Waals surface area contributed by atoms with Crippen LogP contribution in [0.4, 0.5) is 0 Å². The first-order valence-electron chi connectivity index (χ1n) is 10.2. The largest absolute Gasteiger partial charge is 0.379 e. The summed E-state index contributed by atoms with van der Waals surface area (Å²) < 4.78 is 7.27. The molecule has 28 heavy (non-hydrogen) atoms. The Balaban J connectivity index is 1.62. The van der Waals surface area contributed by atoms with E-state index in [1.165, 1.54) is 0 Å². The lowest BCUT2D eigenvalue weighted by Gasteiger charge is -2.26. The predicted octanol–water partition coefficient (Wildman–Crippen LogP) is -0.427. The summed E-state index contributed by atoms with van der Waals surface area (Å²) in [6, 6.07) is 0. The molecule has 2 amide bonds. The maximum absolute atomic E-state index is 12.7. The van der Waals surface area contributed by atoms with Crippen LogP contribution in [0.1, 0.15) is 39.6 Å². The first-order valence-corrected chi connectivity index (χ1v) is 10.2. The molecular weight excluding hydrogens is 360 g/mol. The predicted molar refractivity (Wildman–Crippen MR) is 106 cm³/mol. The summed E-state index contributed by atoms with van der Waals surface area (Å²) in [6.07, 6.45) is 2.80. The van der Waals surface area contributed by atoms with Gasteiger partial charge in [0.2, 0.25) is 0 Å². The Hall–Kier alpha value is -1.97. The quantitative estimate of drug-likeness (QED) is 0.624. The summed E-state index contributed by atoms with van der Waals surface area (Å²) in [4.78, 5) is 34.0. The van der Waals surface area contributed by atoms with E-state index < -0.39 is 0 Å². The number of imidazole rings is 1. The Morgan fingerprint density at radius 1 is 1.07 bits per heavy atom. The molecule has 2 aliphatic heterocycles. The number of carbonyl (C=O) groups is 2. The summed E-state index contributed by atoms with van der Waals surface area (Å²) in [5.41, 5.74) is 1.28. The summed E-state index contributed by atoms with van der Waals surface area (Å²) >= 11 is 0. The van der Waals surface area contributed by atoms with Crippen LogP contribution in [0.3, 0.4) is 0 Å². The SMILES string of the molecule is CN(C)CCNC(=O)c1nc(C(=O)NCCN2CCOCC2)n2c1CCCC2. The second-order valence-electron chi connectivity index (χ2n) is 7.61. The molecule has 1 aromatic heterocycles. The van der Waals surface area contributed by atoms with E-state index in [1.807, 2.05) is 23.6 Å². The number of aromatic nitrogens is 2. The Bertz CT molecular complexity index is 681. The first kappa shape index (κ1) is 20.8. The summed E-state index contributed by atoms with van der Waals surface area (Å²) in [7, 11) is 3.92. The Labute approximate surface area is 166 Å². The van der Waals surface area contributed by atoms with Gasteiger partial charge < -0.3 is 24.8 Å². The second kappa shape index (κ2) is 9.99. The molecule has 0 radical (unpaired) electrons. The van der Waals surface area contributed by atoms with Crippen molar-refractivity contribution in [1.29, 1.82) is 0 Å². The van der Waals surface area contributed by atoms with Gasteiger partial charge in [0.15, 0.2) is 5.82 Å². The van der Waals surface area contributed by atoms with Crippen LogP contribution < -0.4 is 10.6 Å². The lowest BCUT2D eigenvalue weighted by Crippen LogP contribution is -2.41. The lowest BCUT2D eigenvalue weighted by molar-refractivity contribution is 0.0383. The average molecular weight is 393 g/mol. The van der Waals surface area contributed by atoms with Crippen molar-refractivity contribution in [3.63, 3.8) is 0 Å². The highest BCUT2D eigenvalue weighted by Gasteiger charge is 2.27. The van der Waals surface area contributed by atoms with Crippen LogP contribution in [0, 0.1) is 0 Å². The molecule has 3 heterocycles. The van der Waals surface area contributed by atoms with Crippen molar-refractivity contribution in [2.45, 2.75) is 25.8 Å². The van der Waals surface area contributed by atoms with Gasteiger partial charge in [-0.05, 0) is 33.4 Å². The van der Waals surface area contributed by atoms with Crippen molar-refractivity contribution in [3.8, 4) is 0 Å². The maximum atomic E-state index is 12.7. The van der Waals surface area contributed by atoms with Gasteiger partial charge in [-0.1, -0.05) is 0 Å². The number of ether oxygens (including phenoxy) is 1. The molecule has 0 bridgehead atoms. The molecule has 0 aromatic carbocycles. The standard InChI is InChI=1S/C19H32N6O3/c1-23(2)9-6-20-18(26)16-15-5-3-4-8-25(15)17(22-16)19(27)21-7-10-24-11-13-28-14-12-24/h3-14H2,1-2H3,(H,20,26)(H,21,27). The second-order valence-corrected chi connectivity index (χ2v) is 7.61. The number of likely N-dealkylation sites (N-methyl/N-ethyl adjacent to an activating group) is 1. The molecule has 1 aromatic rings. The van der Waals surface area contributed by atoms with Crippen LogP contribution in [0.2, 0.25) is 0 Å². The number of amides is 2. The van der Waals surface area contributed by atoms with E-state index in [9.17, 15) is 9.59 Å². The van der Waals surface area contributed by atoms with Crippen LogP contribution in [0.25, 0.3) is 0 Å². The molecule has 0 aliphatic carbocycles. The van der Waals surface area contributed by atoms with Crippen molar-refractivity contribution in [2.24, 2.45) is 0 Å². The van der Waals surface area contributed by atoms with E-state index in [-0.39, 0.29) is 11.8 Å². The third-order valence-electron chi connectivity index (χ3n) is 5.20. The zero-order valence-corrected chi connectivity index (χ0v) is 17.0. The Morgan fingerprint density at radius 2 is 1.82 bits per heavy atom. The summed E-state index contributed by atoms with van der Waals surface area (Å²) in [5, 5.41) is 5.88. The van der Waals surface area contributed by atoms with Gasteiger partial charge in [0.25, 0.3) is 11.8 Å². The fourth-order valence-corrected chi connectivity index (χ4v) is 3.61. The molecule has 0 saturated carbocycles. The number of carbonyl (C=O) groups excluding carboxylic acids is 2. The van der Waals surface area contributed by atoms with Crippen molar-refractivity contribution in [2.75, 3.05) is 66.6 Å². The minimum atomic E-state index is -0.205. The Kier molecular flexibility index (Phi) is 7.41. The van der Waals surface area contributed by atoms with Gasteiger partial charge in [-0.15, -0.1) is 0 Å². The number of hydrogen-bond donors (Lipinski definition) is 2. The first-order chi connectivity index (χ1) is 13.6. The highest BCUT2D eigenvalue weighted by atomic mass is 16.5. The molecule has 156 valence electrons. The van der Waals surface area contributed by atoms with Gasteiger partial charge in [-0.3, -0.25) is 14.5 Å². The van der Waals surface area contributed by atoms with Crippen LogP contribution >= 0.6 is 0 Å². The van der Waals surface area contributed by atoms with Crippen molar-refractivity contribution >= 4 is 11.8 Å². The highest BCUT2D eigenvalue weighted by molar-refractivity contribution is 5.97. The van der Waals surface area contributed by atoms with Gasteiger partial charge in [0.05, 0.1) is 18.9 Å². The maximum Gasteiger partial charge on any atom is 0.287 e. The van der Waals surface area contributed by atoms with Gasteiger partial charge in [-0.25, -0.2) is 4.98 Å². The van der Waals surface area contributed by atoms with Crippen molar-refractivity contribution < 1.29 is 14.3 Å². The van der Waals surface area contributed by atoms with Crippen LogP contribution in [0.15, 0.2) is 0 Å². The van der Waals surface area contributed by atoms with E-state index in [4.69, 9.17) is 4.74 Å². The molecule has 1 fully saturated rings. The van der Waals surface area contributed by atoms with Crippen molar-refractivity contribution in [3.05, 3.63) is 17.2 Å². The molecule has 9 heteroatoms. The average Bonchev–Trinajstić information content (AvgIpc) is 3.08. The molecule has 0 atom stereocenters. The molecule has 0 spiro atoms. The molecule has 9 nitrogen and oxygen atoms in total. The fourth-order valence-electron chi connectivity index (χ4n) is 3.61. The number of fused-ring (bicyclic) bond motifs is 1. The van der Waals surface area contributed by atoms with E-state index >= 15 is 0 Å². The van der Waals surface area contributed by atoms with Crippen LogP contribution in [-0.2, 0) is 17.7 Å². The molecular formula is C19H32N6O3. The summed E-state index contributed by atoms with van der Waals surface area (Å²) in [5.74, 6) is -0.0435. The number of morpholine rings is 1. The summed E-state index contributed by atoms with van der Waals surface area (Å²) in [6.45, 7) is 6.68. The van der Waals surface area contributed by atoms with Crippen LogP contribution in [0.5, 0.6) is 0 Å². The normalized spacial score (nSPS) is 17.4. The minimum absolute atomic E-state index is 0.195. The van der Waals surface area contributed by atoms with Gasteiger partial charge in [-0.2, -0.15) is 0 Å². The lowest BCUT2D eigenvalue weighted by atomic mass is 10.1. The topological polar surface area (TPSA) is 91.7 Å². The minimum Gasteiger partial charge on any atom is -0.379 e. The molecule has 2 aliphatic rings. The fraction of sp³-hybridized carbons (Fsp3) is 0.737. The third kappa shape index (κ3) is 5.30. The molecule has 1 saturated heterocycles. The van der Waals surface area contributed by atoms with E-state index in [0.29, 0.717) is 24.6 Å². The van der Waals surface area contributed by atoms with Gasteiger partial charge >= 0.3 is 0 Å². The van der Waals surface area contributed by atoms with Crippen molar-refractivity contribution in [1.82, 2.24) is 30.0 Å². The van der Waals surface area contributed by atoms with Gasteiger partial charge in [0.1, 0.15) is 5.69 Å². The molecule has 0 unspecified atom stereocenters. The third-order valence-corrected chi connectivity index (χ3v) is 5.20.